The molecule has 0 saturated heterocycles. The Bertz CT molecular complexity index is 416. The first-order valence-corrected chi connectivity index (χ1v) is 6.15. The van der Waals surface area contributed by atoms with Gasteiger partial charge < -0.3 is 9.47 Å². The van der Waals surface area contributed by atoms with Crippen molar-refractivity contribution >= 4 is 5.97 Å². The molecule has 0 bridgehead atoms. The van der Waals surface area contributed by atoms with Gasteiger partial charge in [-0.25, -0.2) is 4.79 Å². The second-order valence-electron chi connectivity index (χ2n) is 4.36. The van der Waals surface area contributed by atoms with Crippen LogP contribution in [0.15, 0.2) is 36.1 Å². The Morgan fingerprint density at radius 1 is 1.28 bits per heavy atom. The summed E-state index contributed by atoms with van der Waals surface area (Å²) in [5.74, 6) is 0.857. The molecule has 0 aliphatic rings. The highest BCUT2D eigenvalue weighted by molar-refractivity contribution is 5.87. The van der Waals surface area contributed by atoms with E-state index in [9.17, 15) is 4.79 Å². The summed E-state index contributed by atoms with van der Waals surface area (Å²) >= 11 is 0. The van der Waals surface area contributed by atoms with Crippen molar-refractivity contribution in [1.29, 1.82) is 0 Å². The van der Waals surface area contributed by atoms with E-state index in [4.69, 9.17) is 9.47 Å². The molecule has 0 aliphatic heterocycles. The number of ether oxygens (including phenoxy) is 2. The highest BCUT2D eigenvalue weighted by Crippen LogP contribution is 2.19. The third-order valence-corrected chi connectivity index (χ3v) is 2.52. The molecule has 98 valence electrons. The van der Waals surface area contributed by atoms with Crippen molar-refractivity contribution in [2.75, 3.05) is 6.61 Å². The SMILES string of the molecule is CCOC(=O)/C(C)=C\Oc1ccc(C(C)C)cc1. The largest absolute Gasteiger partial charge is 0.464 e. The predicted octanol–water partition coefficient (Wildman–Crippen LogP) is 3.66. The van der Waals surface area contributed by atoms with Crippen LogP contribution in [0.5, 0.6) is 5.75 Å². The van der Waals surface area contributed by atoms with Crippen LogP contribution in [-0.2, 0) is 9.53 Å². The molecule has 0 radical (unpaired) electrons. The van der Waals surface area contributed by atoms with E-state index in [-0.39, 0.29) is 5.97 Å². The van der Waals surface area contributed by atoms with Crippen molar-refractivity contribution in [2.45, 2.75) is 33.6 Å². The van der Waals surface area contributed by atoms with Gasteiger partial charge in [0, 0.05) is 0 Å². The zero-order valence-corrected chi connectivity index (χ0v) is 11.4. The lowest BCUT2D eigenvalue weighted by atomic mass is 10.0. The Balaban J connectivity index is 2.63. The van der Waals surface area contributed by atoms with E-state index in [0.29, 0.717) is 23.8 Å². The Hall–Kier alpha value is -1.77. The topological polar surface area (TPSA) is 35.5 Å². The van der Waals surface area contributed by atoms with Gasteiger partial charge in [0.05, 0.1) is 12.2 Å². The molecule has 0 aliphatic carbocycles. The number of hydrogen-bond acceptors (Lipinski definition) is 3. The van der Waals surface area contributed by atoms with E-state index in [2.05, 4.69) is 13.8 Å². The highest BCUT2D eigenvalue weighted by Gasteiger charge is 2.05. The molecule has 18 heavy (non-hydrogen) atoms. The molecule has 0 spiro atoms. The monoisotopic (exact) mass is 248 g/mol. The van der Waals surface area contributed by atoms with Gasteiger partial charge in [-0.3, -0.25) is 0 Å². The molecule has 0 saturated carbocycles. The smallest absolute Gasteiger partial charge is 0.336 e. The van der Waals surface area contributed by atoms with E-state index in [1.807, 2.05) is 24.3 Å². The summed E-state index contributed by atoms with van der Waals surface area (Å²) in [7, 11) is 0. The summed E-state index contributed by atoms with van der Waals surface area (Å²) in [6.45, 7) is 8.09. The van der Waals surface area contributed by atoms with Crippen LogP contribution in [0, 0.1) is 0 Å². The van der Waals surface area contributed by atoms with E-state index >= 15 is 0 Å². The van der Waals surface area contributed by atoms with Crippen LogP contribution < -0.4 is 4.74 Å². The summed E-state index contributed by atoms with van der Waals surface area (Å²) in [5, 5.41) is 0. The summed E-state index contributed by atoms with van der Waals surface area (Å²) < 4.78 is 10.3. The maximum Gasteiger partial charge on any atom is 0.336 e. The first-order chi connectivity index (χ1) is 8.54. The molecule has 1 aromatic rings. The minimum absolute atomic E-state index is 0.351. The Morgan fingerprint density at radius 3 is 2.39 bits per heavy atom. The summed E-state index contributed by atoms with van der Waals surface area (Å²) in [5.41, 5.74) is 1.71. The molecule has 0 aromatic heterocycles. The average Bonchev–Trinajstić information content (AvgIpc) is 2.36. The molecular formula is C15H20O3. The number of esters is 1. The summed E-state index contributed by atoms with van der Waals surface area (Å²) in [4.78, 5) is 11.3. The molecular weight excluding hydrogens is 228 g/mol. The molecule has 1 aromatic carbocycles. The zero-order valence-electron chi connectivity index (χ0n) is 11.4. The van der Waals surface area contributed by atoms with Gasteiger partial charge in [-0.1, -0.05) is 26.0 Å². The number of hydrogen-bond donors (Lipinski definition) is 0. The number of benzene rings is 1. The van der Waals surface area contributed by atoms with Crippen molar-refractivity contribution in [1.82, 2.24) is 0 Å². The lowest BCUT2D eigenvalue weighted by Gasteiger charge is -2.07. The molecule has 1 rings (SSSR count). The first kappa shape index (κ1) is 14.3. The minimum atomic E-state index is -0.351. The lowest BCUT2D eigenvalue weighted by Crippen LogP contribution is -2.06. The van der Waals surface area contributed by atoms with Gasteiger partial charge in [-0.05, 0) is 37.5 Å². The average molecular weight is 248 g/mol. The Morgan fingerprint density at radius 2 is 1.89 bits per heavy atom. The molecule has 0 atom stereocenters. The maximum absolute atomic E-state index is 11.3. The fraction of sp³-hybridized carbons (Fsp3) is 0.400. The predicted molar refractivity (Wildman–Crippen MR) is 71.5 cm³/mol. The van der Waals surface area contributed by atoms with Gasteiger partial charge in [0.25, 0.3) is 0 Å². The first-order valence-electron chi connectivity index (χ1n) is 6.15. The third kappa shape index (κ3) is 4.24. The van der Waals surface area contributed by atoms with Crippen molar-refractivity contribution in [3.8, 4) is 5.75 Å². The van der Waals surface area contributed by atoms with Gasteiger partial charge in [-0.2, -0.15) is 0 Å². The van der Waals surface area contributed by atoms with Crippen LogP contribution >= 0.6 is 0 Å². The molecule has 0 unspecified atom stereocenters. The van der Waals surface area contributed by atoms with Crippen LogP contribution in [0.4, 0.5) is 0 Å². The van der Waals surface area contributed by atoms with Crippen molar-refractivity contribution in [3.05, 3.63) is 41.7 Å². The van der Waals surface area contributed by atoms with E-state index in [1.54, 1.807) is 13.8 Å². The van der Waals surface area contributed by atoms with Crippen molar-refractivity contribution in [3.63, 3.8) is 0 Å². The number of carbonyl (C=O) groups excluding carboxylic acids is 1. The van der Waals surface area contributed by atoms with E-state index in [0.717, 1.165) is 0 Å². The van der Waals surface area contributed by atoms with E-state index in [1.165, 1.54) is 11.8 Å². The molecule has 3 nitrogen and oxygen atoms in total. The third-order valence-electron chi connectivity index (χ3n) is 2.52. The van der Waals surface area contributed by atoms with Crippen LogP contribution in [-0.4, -0.2) is 12.6 Å². The van der Waals surface area contributed by atoms with Crippen molar-refractivity contribution < 1.29 is 14.3 Å². The van der Waals surface area contributed by atoms with Gasteiger partial charge in [-0.15, -0.1) is 0 Å². The Kier molecular flexibility index (Phi) is 5.43. The van der Waals surface area contributed by atoms with Crippen LogP contribution in [0.25, 0.3) is 0 Å². The standard InChI is InChI=1S/C15H20O3/c1-5-17-15(16)12(4)10-18-14-8-6-13(7-9-14)11(2)3/h6-11H,5H2,1-4H3/b12-10-. The van der Waals surface area contributed by atoms with E-state index < -0.39 is 0 Å². The minimum Gasteiger partial charge on any atom is -0.464 e. The quantitative estimate of drug-likeness (QED) is 0.453. The van der Waals surface area contributed by atoms with Crippen molar-refractivity contribution in [2.24, 2.45) is 0 Å². The number of rotatable bonds is 5. The van der Waals surface area contributed by atoms with Crippen LogP contribution in [0.2, 0.25) is 0 Å². The Labute approximate surface area is 108 Å². The zero-order chi connectivity index (χ0) is 13.5. The second-order valence-corrected chi connectivity index (χ2v) is 4.36. The van der Waals surface area contributed by atoms with Gasteiger partial charge in [0.1, 0.15) is 12.0 Å². The molecule has 0 heterocycles. The fourth-order valence-corrected chi connectivity index (χ4v) is 1.38. The molecule has 3 heteroatoms. The lowest BCUT2D eigenvalue weighted by molar-refractivity contribution is -0.138. The van der Waals surface area contributed by atoms with Gasteiger partial charge in [0.2, 0.25) is 0 Å². The molecule has 0 fully saturated rings. The normalized spacial score (nSPS) is 11.5. The summed E-state index contributed by atoms with van der Waals surface area (Å²) in [6.07, 6.45) is 1.42. The fourth-order valence-electron chi connectivity index (χ4n) is 1.38. The summed E-state index contributed by atoms with van der Waals surface area (Å²) in [6, 6.07) is 7.83. The van der Waals surface area contributed by atoms with Crippen LogP contribution in [0.3, 0.4) is 0 Å². The van der Waals surface area contributed by atoms with Crippen LogP contribution in [0.1, 0.15) is 39.2 Å². The molecule has 0 amide bonds. The number of carbonyl (C=O) groups is 1. The highest BCUT2D eigenvalue weighted by atomic mass is 16.5. The molecule has 0 N–H and O–H groups in total. The van der Waals surface area contributed by atoms with Gasteiger partial charge in [0.15, 0.2) is 0 Å². The maximum atomic E-state index is 11.3. The van der Waals surface area contributed by atoms with Gasteiger partial charge >= 0.3 is 5.97 Å². The second kappa shape index (κ2) is 6.84.